The van der Waals surface area contributed by atoms with E-state index in [0.717, 1.165) is 43.5 Å². The molecule has 14 nitrogen and oxygen atoms in total. The number of aromatic nitrogens is 1. The van der Waals surface area contributed by atoms with Gasteiger partial charge in [-0.2, -0.15) is 0 Å². The van der Waals surface area contributed by atoms with E-state index < -0.39 is 29.7 Å². The molecule has 286 valence electrons. The van der Waals surface area contributed by atoms with Crippen molar-refractivity contribution in [1.82, 2.24) is 19.3 Å². The molecule has 1 saturated carbocycles. The molecule has 1 aromatic heterocycles. The van der Waals surface area contributed by atoms with Crippen LogP contribution in [0.25, 0.3) is 0 Å². The fraction of sp³-hybridized carbons (Fsp3) is 0.500. The fourth-order valence-electron chi connectivity index (χ4n) is 9.43. The SMILES string of the molecule is C=CCN1CC[C@]23c4c5ccc(OC(=O)N(C)CCN(C)C(=O)OCc6c7c(n(CCCC(=O)O)c6C)C(=O)C=C(C)C7=O)c4O[C@H]2C(=O)CC[C@H]3[C@H]1C5. The number of carboxylic acids is 1. The van der Waals surface area contributed by atoms with E-state index in [1.165, 1.54) is 22.9 Å². The van der Waals surface area contributed by atoms with Crippen molar-refractivity contribution in [3.8, 4) is 11.5 Å². The average Bonchev–Trinajstić information content (AvgIpc) is 3.63. The summed E-state index contributed by atoms with van der Waals surface area (Å²) in [6, 6.07) is 4.02. The molecule has 2 fully saturated rings. The number of rotatable bonds is 12. The van der Waals surface area contributed by atoms with Gasteiger partial charge in [0.2, 0.25) is 5.78 Å². The molecule has 3 heterocycles. The van der Waals surface area contributed by atoms with Crippen molar-refractivity contribution in [2.45, 2.75) is 83.1 Å². The number of fused-ring (bicyclic) bond motifs is 1. The minimum atomic E-state index is -0.971. The van der Waals surface area contributed by atoms with Crippen LogP contribution in [0, 0.1) is 12.8 Å². The second-order valence-corrected chi connectivity index (χ2v) is 15.1. The Kier molecular flexibility index (Phi) is 9.75. The average molecular weight is 743 g/mol. The molecule has 1 N–H and O–H groups in total. The van der Waals surface area contributed by atoms with Crippen LogP contribution in [0.1, 0.15) is 82.3 Å². The van der Waals surface area contributed by atoms with E-state index in [1.807, 2.05) is 12.1 Å². The molecule has 3 aliphatic carbocycles. The zero-order valence-corrected chi connectivity index (χ0v) is 31.1. The monoisotopic (exact) mass is 742 g/mol. The van der Waals surface area contributed by atoms with Gasteiger partial charge in [-0.1, -0.05) is 12.1 Å². The summed E-state index contributed by atoms with van der Waals surface area (Å²) in [5, 5.41) is 9.10. The highest BCUT2D eigenvalue weighted by Crippen LogP contribution is 2.63. The Hall–Kier alpha value is -5.24. The second kappa shape index (κ2) is 14.2. The highest BCUT2D eigenvalue weighted by Gasteiger charge is 2.66. The number of ketones is 3. The maximum Gasteiger partial charge on any atom is 0.415 e. The number of carbonyl (C=O) groups is 6. The molecule has 1 aromatic carbocycles. The molecule has 1 spiro atoms. The first-order valence-corrected chi connectivity index (χ1v) is 18.5. The summed E-state index contributed by atoms with van der Waals surface area (Å²) >= 11 is 0. The molecule has 2 aliphatic heterocycles. The molecule has 7 rings (SSSR count). The van der Waals surface area contributed by atoms with Gasteiger partial charge in [0.1, 0.15) is 12.3 Å². The number of hydrogen-bond donors (Lipinski definition) is 1. The Balaban J connectivity index is 0.998. The van der Waals surface area contributed by atoms with Crippen LogP contribution in [0.4, 0.5) is 9.59 Å². The first-order chi connectivity index (χ1) is 25.8. The van der Waals surface area contributed by atoms with E-state index in [4.69, 9.17) is 19.3 Å². The maximum atomic E-state index is 13.4. The van der Waals surface area contributed by atoms with Gasteiger partial charge in [-0.05, 0) is 69.7 Å². The van der Waals surface area contributed by atoms with Crippen molar-refractivity contribution in [2.75, 3.05) is 40.3 Å². The number of Topliss-reactive ketones (excluding diaryl/α,β-unsaturated/α-hetero) is 2. The van der Waals surface area contributed by atoms with Gasteiger partial charge in [0.05, 0.1) is 5.56 Å². The lowest BCUT2D eigenvalue weighted by molar-refractivity contribution is -0.138. The standard InChI is InChI=1S/C40H46N4O10/c1-6-14-43-16-13-40-26-10-11-28(45)37(40)54-36-30(12-9-24(33(36)40)20-27(26)43)53-39(51)42(5)18-17-41(4)38(50)52-21-25-23(3)44(15-7-8-31(47)48)34-29(46)19-22(2)35(49)32(25)34/h6,9,12,19,26-27,37H,1,7-8,10-11,13-18,20-21H2,2-5H3,(H,47,48)/t26-,27+,37-,40-/m0/s1. The number of amides is 2. The predicted octanol–water partition coefficient (Wildman–Crippen LogP) is 4.48. The van der Waals surface area contributed by atoms with Crippen molar-refractivity contribution < 1.29 is 48.1 Å². The number of piperidine rings is 1. The highest BCUT2D eigenvalue weighted by atomic mass is 16.6. The van der Waals surface area contributed by atoms with Crippen LogP contribution in [-0.4, -0.2) is 112 Å². The van der Waals surface area contributed by atoms with Gasteiger partial charge >= 0.3 is 18.2 Å². The van der Waals surface area contributed by atoms with Crippen molar-refractivity contribution >= 4 is 35.5 Å². The normalized spacial score (nSPS) is 23.5. The third-order valence-corrected chi connectivity index (χ3v) is 12.1. The lowest BCUT2D eigenvalue weighted by Crippen LogP contribution is -2.66. The van der Waals surface area contributed by atoms with Gasteiger partial charge in [0.15, 0.2) is 29.2 Å². The summed E-state index contributed by atoms with van der Waals surface area (Å²) in [5.41, 5.74) is 3.23. The Morgan fingerprint density at radius 3 is 2.57 bits per heavy atom. The number of carboxylic acid groups (broad SMARTS) is 1. The molecule has 2 amide bonds. The van der Waals surface area contributed by atoms with E-state index in [2.05, 4.69) is 11.5 Å². The fourth-order valence-corrected chi connectivity index (χ4v) is 9.43. The van der Waals surface area contributed by atoms with Crippen LogP contribution < -0.4 is 9.47 Å². The summed E-state index contributed by atoms with van der Waals surface area (Å²) in [5.74, 6) is -0.590. The quantitative estimate of drug-likeness (QED) is 0.305. The number of hydrogen-bond acceptors (Lipinski definition) is 10. The Labute approximate surface area is 313 Å². The predicted molar refractivity (Wildman–Crippen MR) is 194 cm³/mol. The number of benzene rings is 1. The molecule has 14 heteroatoms. The lowest BCUT2D eigenvalue weighted by atomic mass is 9.51. The summed E-state index contributed by atoms with van der Waals surface area (Å²) in [6.07, 6.45) is 4.25. The van der Waals surface area contributed by atoms with Crippen LogP contribution in [0.15, 0.2) is 36.4 Å². The minimum absolute atomic E-state index is 0.0888. The molecular formula is C40H46N4O10. The number of aliphatic carboxylic acids is 1. The first-order valence-electron chi connectivity index (χ1n) is 18.5. The van der Waals surface area contributed by atoms with Gasteiger partial charge in [-0.3, -0.25) is 24.1 Å². The summed E-state index contributed by atoms with van der Waals surface area (Å²) in [7, 11) is 3.07. The molecule has 2 bridgehead atoms. The van der Waals surface area contributed by atoms with Crippen LogP contribution in [0.5, 0.6) is 11.5 Å². The number of ether oxygens (including phenoxy) is 3. The Morgan fingerprint density at radius 1 is 1.11 bits per heavy atom. The van der Waals surface area contributed by atoms with Crippen LogP contribution in [-0.2, 0) is 39.3 Å². The van der Waals surface area contributed by atoms with E-state index >= 15 is 0 Å². The molecule has 2 aromatic rings. The van der Waals surface area contributed by atoms with Crippen molar-refractivity contribution in [3.05, 3.63) is 70.1 Å². The number of carbonyl (C=O) groups excluding carboxylic acids is 5. The molecule has 54 heavy (non-hydrogen) atoms. The molecule has 1 saturated heterocycles. The van der Waals surface area contributed by atoms with Gasteiger partial charge < -0.3 is 33.7 Å². The van der Waals surface area contributed by atoms with Gasteiger partial charge in [0, 0.05) is 87.0 Å². The third-order valence-electron chi connectivity index (χ3n) is 12.1. The van der Waals surface area contributed by atoms with Crippen LogP contribution >= 0.6 is 0 Å². The van der Waals surface area contributed by atoms with Crippen molar-refractivity contribution in [1.29, 1.82) is 0 Å². The zero-order chi connectivity index (χ0) is 38.6. The Morgan fingerprint density at radius 2 is 1.85 bits per heavy atom. The molecule has 5 aliphatic rings. The number of likely N-dealkylation sites (tertiary alicyclic amines) is 1. The van der Waals surface area contributed by atoms with Crippen molar-refractivity contribution in [2.24, 2.45) is 5.92 Å². The van der Waals surface area contributed by atoms with E-state index in [0.29, 0.717) is 23.4 Å². The summed E-state index contributed by atoms with van der Waals surface area (Å²) in [6.45, 7) is 8.94. The van der Waals surface area contributed by atoms with E-state index in [-0.39, 0.29) is 91.0 Å². The zero-order valence-electron chi connectivity index (χ0n) is 31.1. The first kappa shape index (κ1) is 37.1. The van der Waals surface area contributed by atoms with Gasteiger partial charge in [0.25, 0.3) is 0 Å². The number of nitrogens with zero attached hydrogens (tertiary/aromatic N) is 4. The van der Waals surface area contributed by atoms with Crippen LogP contribution in [0.2, 0.25) is 0 Å². The summed E-state index contributed by atoms with van der Waals surface area (Å²) < 4.78 is 19.6. The van der Waals surface area contributed by atoms with Crippen molar-refractivity contribution in [3.63, 3.8) is 0 Å². The van der Waals surface area contributed by atoms with Gasteiger partial charge in [-0.25, -0.2) is 9.59 Å². The second-order valence-electron chi connectivity index (χ2n) is 15.1. The lowest BCUT2D eigenvalue weighted by Gasteiger charge is -2.57. The highest BCUT2D eigenvalue weighted by molar-refractivity contribution is 6.24. The van der Waals surface area contributed by atoms with E-state index in [1.54, 1.807) is 31.5 Å². The number of allylic oxidation sites excluding steroid dienone is 2. The molecular weight excluding hydrogens is 696 g/mol. The van der Waals surface area contributed by atoms with Crippen LogP contribution in [0.3, 0.4) is 0 Å². The Bertz CT molecular complexity index is 2010. The van der Waals surface area contributed by atoms with E-state index in [9.17, 15) is 28.8 Å². The summed E-state index contributed by atoms with van der Waals surface area (Å²) in [4.78, 5) is 82.2. The minimum Gasteiger partial charge on any atom is -0.481 e. The molecule has 0 radical (unpaired) electrons. The number of likely N-dealkylation sites (N-methyl/N-ethyl adjacent to an activating group) is 2. The largest absolute Gasteiger partial charge is 0.481 e. The topological polar surface area (TPSA) is 165 Å². The molecule has 0 unspecified atom stereocenters. The molecule has 4 atom stereocenters. The smallest absolute Gasteiger partial charge is 0.415 e. The third kappa shape index (κ3) is 6.00. The maximum absolute atomic E-state index is 13.4. The van der Waals surface area contributed by atoms with Gasteiger partial charge in [-0.15, -0.1) is 6.58 Å².